The molecule has 0 aliphatic heterocycles. The quantitative estimate of drug-likeness (QED) is 0.481. The number of hydrogen-bond donors (Lipinski definition) is 3. The largest absolute Gasteiger partial charge is 0.390 e. The van der Waals surface area contributed by atoms with Crippen LogP contribution in [0.1, 0.15) is 23.8 Å². The maximum absolute atomic E-state index is 10.6. The fourth-order valence-corrected chi connectivity index (χ4v) is 1.46. The van der Waals surface area contributed by atoms with E-state index in [1.807, 2.05) is 0 Å². The topological polar surface area (TPSA) is 140 Å². The van der Waals surface area contributed by atoms with Gasteiger partial charge in [0.15, 0.2) is 0 Å². The van der Waals surface area contributed by atoms with Gasteiger partial charge in [0, 0.05) is 17.3 Å². The Kier molecular flexibility index (Phi) is 4.29. The van der Waals surface area contributed by atoms with E-state index in [9.17, 15) is 25.1 Å². The lowest BCUT2D eigenvalue weighted by molar-refractivity contribution is -0.385. The van der Waals surface area contributed by atoms with Gasteiger partial charge >= 0.3 is 0 Å². The van der Waals surface area contributed by atoms with Crippen LogP contribution in [0.25, 0.3) is 0 Å². The van der Waals surface area contributed by atoms with Crippen LogP contribution < -0.4 is 5.73 Å². The molecule has 0 saturated carbocycles. The van der Waals surface area contributed by atoms with Gasteiger partial charge in [-0.25, -0.2) is 0 Å². The van der Waals surface area contributed by atoms with E-state index >= 15 is 0 Å². The van der Waals surface area contributed by atoms with Gasteiger partial charge in [0.05, 0.1) is 17.4 Å². The van der Waals surface area contributed by atoms with E-state index < -0.39 is 29.5 Å². The summed E-state index contributed by atoms with van der Waals surface area (Å²) in [5.41, 5.74) is 5.01. The second-order valence-corrected chi connectivity index (χ2v) is 3.81. The molecule has 0 spiro atoms. The number of pyridine rings is 1. The van der Waals surface area contributed by atoms with Gasteiger partial charge < -0.3 is 15.9 Å². The molecule has 98 valence electrons. The van der Waals surface area contributed by atoms with Crippen LogP contribution >= 0.6 is 0 Å². The fraction of sp³-hybridized carbons (Fsp3) is 0.400. The molecule has 1 amide bonds. The van der Waals surface area contributed by atoms with Gasteiger partial charge in [0.2, 0.25) is 5.91 Å². The second kappa shape index (κ2) is 5.52. The first-order valence-electron chi connectivity index (χ1n) is 5.08. The number of aliphatic hydroxyl groups excluding tert-OH is 2. The third-order valence-electron chi connectivity index (χ3n) is 2.42. The number of hydrogen-bond acceptors (Lipinski definition) is 6. The summed E-state index contributed by atoms with van der Waals surface area (Å²) in [6, 6.07) is 1.11. The Morgan fingerprint density at radius 1 is 1.61 bits per heavy atom. The van der Waals surface area contributed by atoms with E-state index in [0.717, 1.165) is 12.3 Å². The van der Waals surface area contributed by atoms with E-state index in [1.165, 1.54) is 6.92 Å². The molecule has 18 heavy (non-hydrogen) atoms. The van der Waals surface area contributed by atoms with Crippen molar-refractivity contribution in [3.05, 3.63) is 33.6 Å². The molecule has 1 rings (SSSR count). The second-order valence-electron chi connectivity index (χ2n) is 3.81. The number of amides is 1. The number of aryl methyl sites for hydroxylation is 1. The summed E-state index contributed by atoms with van der Waals surface area (Å²) in [5.74, 6) is -0.780. The molecule has 0 bridgehead atoms. The molecule has 1 aromatic heterocycles. The SMILES string of the molecule is Cc1ncc([N+](=O)[O-])cc1C(O)C(O)CC(N)=O. The lowest BCUT2D eigenvalue weighted by atomic mass is 10.0. The molecule has 2 atom stereocenters. The third-order valence-corrected chi connectivity index (χ3v) is 2.42. The van der Waals surface area contributed by atoms with E-state index in [1.54, 1.807) is 0 Å². The number of nitro groups is 1. The monoisotopic (exact) mass is 255 g/mol. The Bertz CT molecular complexity index is 477. The molecule has 0 aliphatic rings. The van der Waals surface area contributed by atoms with E-state index in [2.05, 4.69) is 4.98 Å². The van der Waals surface area contributed by atoms with Gasteiger partial charge in [0.25, 0.3) is 5.69 Å². The molecular weight excluding hydrogens is 242 g/mol. The van der Waals surface area contributed by atoms with Crippen LogP contribution in [0.15, 0.2) is 12.3 Å². The maximum atomic E-state index is 10.6. The van der Waals surface area contributed by atoms with Crippen LogP contribution in [-0.4, -0.2) is 32.1 Å². The Labute approximate surface area is 102 Å². The molecule has 0 saturated heterocycles. The molecule has 0 fully saturated rings. The summed E-state index contributed by atoms with van der Waals surface area (Å²) in [5, 5.41) is 29.9. The number of rotatable bonds is 5. The molecule has 0 radical (unpaired) electrons. The minimum absolute atomic E-state index is 0.0953. The zero-order valence-corrected chi connectivity index (χ0v) is 9.61. The van der Waals surface area contributed by atoms with E-state index in [-0.39, 0.29) is 11.3 Å². The number of nitrogens with two attached hydrogens (primary N) is 1. The van der Waals surface area contributed by atoms with Gasteiger partial charge in [-0.15, -0.1) is 0 Å². The Hall–Kier alpha value is -2.06. The number of carbonyl (C=O) groups excluding carboxylic acids is 1. The van der Waals surface area contributed by atoms with Gasteiger partial charge in [-0.2, -0.15) is 0 Å². The summed E-state index contributed by atoms with van der Waals surface area (Å²) in [7, 11) is 0. The number of nitrogens with zero attached hydrogens (tertiary/aromatic N) is 2. The third kappa shape index (κ3) is 3.22. The highest BCUT2D eigenvalue weighted by molar-refractivity contribution is 5.74. The van der Waals surface area contributed by atoms with Gasteiger partial charge in [0.1, 0.15) is 12.3 Å². The first-order chi connectivity index (χ1) is 8.32. The highest BCUT2D eigenvalue weighted by Crippen LogP contribution is 2.24. The zero-order chi connectivity index (χ0) is 13.9. The van der Waals surface area contributed by atoms with Crippen LogP contribution in [0.3, 0.4) is 0 Å². The molecule has 4 N–H and O–H groups in total. The van der Waals surface area contributed by atoms with Crippen molar-refractivity contribution in [3.63, 3.8) is 0 Å². The summed E-state index contributed by atoms with van der Waals surface area (Å²) in [6.07, 6.45) is -2.27. The molecular formula is C10H13N3O5. The summed E-state index contributed by atoms with van der Waals surface area (Å²) in [6.45, 7) is 1.53. The first kappa shape index (κ1) is 14.0. The lowest BCUT2D eigenvalue weighted by Crippen LogP contribution is -2.26. The molecule has 8 heteroatoms. The average molecular weight is 255 g/mol. The van der Waals surface area contributed by atoms with Crippen LogP contribution in [0.2, 0.25) is 0 Å². The minimum Gasteiger partial charge on any atom is -0.390 e. The Morgan fingerprint density at radius 2 is 2.22 bits per heavy atom. The van der Waals surface area contributed by atoms with Crippen molar-refractivity contribution in [2.45, 2.75) is 25.6 Å². The van der Waals surface area contributed by atoms with Crippen molar-refractivity contribution in [2.75, 3.05) is 0 Å². The molecule has 2 unspecified atom stereocenters. The molecule has 1 aromatic rings. The fourth-order valence-electron chi connectivity index (χ4n) is 1.46. The van der Waals surface area contributed by atoms with Crippen LogP contribution in [0.4, 0.5) is 5.69 Å². The Balaban J connectivity index is 3.03. The van der Waals surface area contributed by atoms with Crippen molar-refractivity contribution in [1.29, 1.82) is 0 Å². The van der Waals surface area contributed by atoms with Crippen LogP contribution in [0, 0.1) is 17.0 Å². The number of aromatic nitrogens is 1. The average Bonchev–Trinajstić information content (AvgIpc) is 2.27. The summed E-state index contributed by atoms with van der Waals surface area (Å²) in [4.78, 5) is 24.3. The minimum atomic E-state index is -1.45. The normalized spacial score (nSPS) is 13.9. The maximum Gasteiger partial charge on any atom is 0.287 e. The van der Waals surface area contributed by atoms with Gasteiger partial charge in [-0.1, -0.05) is 0 Å². The Morgan fingerprint density at radius 3 is 2.72 bits per heavy atom. The number of primary amides is 1. The lowest BCUT2D eigenvalue weighted by Gasteiger charge is -2.17. The van der Waals surface area contributed by atoms with E-state index in [4.69, 9.17) is 5.73 Å². The highest BCUT2D eigenvalue weighted by atomic mass is 16.6. The van der Waals surface area contributed by atoms with Crippen molar-refractivity contribution < 1.29 is 19.9 Å². The predicted molar refractivity (Wildman–Crippen MR) is 60.4 cm³/mol. The molecule has 0 aliphatic carbocycles. The first-order valence-corrected chi connectivity index (χ1v) is 5.08. The smallest absolute Gasteiger partial charge is 0.287 e. The van der Waals surface area contributed by atoms with E-state index in [0.29, 0.717) is 5.69 Å². The van der Waals surface area contributed by atoms with Crippen molar-refractivity contribution in [2.24, 2.45) is 5.73 Å². The van der Waals surface area contributed by atoms with Crippen molar-refractivity contribution >= 4 is 11.6 Å². The molecule has 1 heterocycles. The number of carbonyl (C=O) groups is 1. The van der Waals surface area contributed by atoms with Gasteiger partial charge in [-0.3, -0.25) is 19.9 Å². The summed E-state index contributed by atoms with van der Waals surface area (Å²) < 4.78 is 0. The zero-order valence-electron chi connectivity index (χ0n) is 9.61. The predicted octanol–water partition coefficient (Wildman–Crippen LogP) is -0.432. The molecule has 0 aromatic carbocycles. The van der Waals surface area contributed by atoms with Crippen LogP contribution in [0.5, 0.6) is 0 Å². The summed E-state index contributed by atoms with van der Waals surface area (Å²) >= 11 is 0. The van der Waals surface area contributed by atoms with Gasteiger partial charge in [-0.05, 0) is 6.92 Å². The van der Waals surface area contributed by atoms with Crippen LogP contribution in [-0.2, 0) is 4.79 Å². The number of aliphatic hydroxyl groups is 2. The molecule has 8 nitrogen and oxygen atoms in total. The van der Waals surface area contributed by atoms with Crippen molar-refractivity contribution in [3.8, 4) is 0 Å². The standard InChI is InChI=1S/C10H13N3O5/c1-5-7(2-6(4-12-5)13(17)18)10(16)8(14)3-9(11)15/h2,4,8,10,14,16H,3H2,1H3,(H2,11,15). The van der Waals surface area contributed by atoms with Crippen molar-refractivity contribution in [1.82, 2.24) is 4.98 Å². The highest BCUT2D eigenvalue weighted by Gasteiger charge is 2.24.